The van der Waals surface area contributed by atoms with Crippen molar-refractivity contribution in [1.82, 2.24) is 5.32 Å². The van der Waals surface area contributed by atoms with Gasteiger partial charge in [0.05, 0.1) is 11.5 Å². The summed E-state index contributed by atoms with van der Waals surface area (Å²) < 4.78 is 31.1. The quantitative estimate of drug-likeness (QED) is 0.414. The molecule has 1 fully saturated rings. The van der Waals surface area contributed by atoms with Crippen LogP contribution in [-0.4, -0.2) is 31.0 Å². The van der Waals surface area contributed by atoms with Crippen molar-refractivity contribution in [2.45, 2.75) is 43.8 Å². The van der Waals surface area contributed by atoms with Crippen molar-refractivity contribution in [1.29, 1.82) is 0 Å². The maximum Gasteiger partial charge on any atom is 0.339 e. The van der Waals surface area contributed by atoms with E-state index in [2.05, 4.69) is 15.5 Å². The Kier molecular flexibility index (Phi) is 6.62. The van der Waals surface area contributed by atoms with E-state index in [1.54, 1.807) is 56.3 Å². The van der Waals surface area contributed by atoms with Crippen molar-refractivity contribution in [3.63, 3.8) is 0 Å². The number of benzene rings is 2. The summed E-state index contributed by atoms with van der Waals surface area (Å²) in [6.45, 7) is 7.61. The number of thioether (sulfide) groups is 1. The van der Waals surface area contributed by atoms with Gasteiger partial charge in [0.15, 0.2) is 10.9 Å². The third-order valence-corrected chi connectivity index (χ3v) is 6.71. The van der Waals surface area contributed by atoms with Gasteiger partial charge in [-0.15, -0.1) is 5.10 Å². The molecular formula is C21H23N3O4S2. The van der Waals surface area contributed by atoms with E-state index in [4.69, 9.17) is 4.18 Å². The zero-order valence-corrected chi connectivity index (χ0v) is 18.8. The minimum atomic E-state index is -4.01. The molecule has 30 heavy (non-hydrogen) atoms. The molecule has 1 saturated heterocycles. The van der Waals surface area contributed by atoms with Crippen molar-refractivity contribution in [2.24, 2.45) is 10.2 Å². The Morgan fingerprint density at radius 3 is 2.47 bits per heavy atom. The number of para-hydroxylation sites is 1. The summed E-state index contributed by atoms with van der Waals surface area (Å²) in [5, 5.41) is 10.8. The van der Waals surface area contributed by atoms with Crippen LogP contribution in [0.2, 0.25) is 0 Å². The van der Waals surface area contributed by atoms with E-state index >= 15 is 0 Å². The first-order valence-corrected chi connectivity index (χ1v) is 11.7. The fourth-order valence-electron chi connectivity index (χ4n) is 2.72. The molecule has 158 valence electrons. The molecule has 0 aliphatic carbocycles. The van der Waals surface area contributed by atoms with Crippen LogP contribution in [0.4, 0.5) is 0 Å². The fraction of sp³-hybridized carbons (Fsp3) is 0.286. The van der Waals surface area contributed by atoms with Gasteiger partial charge in [0.2, 0.25) is 5.91 Å². The van der Waals surface area contributed by atoms with Gasteiger partial charge in [-0.2, -0.15) is 13.5 Å². The summed E-state index contributed by atoms with van der Waals surface area (Å²) >= 11 is 1.27. The molecule has 1 atom stereocenters. The van der Waals surface area contributed by atoms with Crippen LogP contribution in [0.15, 0.2) is 57.6 Å². The van der Waals surface area contributed by atoms with Crippen LogP contribution < -0.4 is 9.50 Å². The Labute approximate surface area is 180 Å². The lowest BCUT2D eigenvalue weighted by atomic mass is 10.0. The topological polar surface area (TPSA) is 97.2 Å². The van der Waals surface area contributed by atoms with E-state index in [0.717, 1.165) is 5.56 Å². The van der Waals surface area contributed by atoms with Gasteiger partial charge in [-0.25, -0.2) is 0 Å². The molecular weight excluding hydrogens is 422 g/mol. The first-order chi connectivity index (χ1) is 14.2. The number of hydrogen-bond donors (Lipinski definition) is 1. The maximum atomic E-state index is 12.8. The molecule has 1 aliphatic rings. The smallest absolute Gasteiger partial charge is 0.339 e. The van der Waals surface area contributed by atoms with Crippen LogP contribution in [-0.2, 0) is 14.9 Å². The van der Waals surface area contributed by atoms with Crippen LogP contribution in [0.25, 0.3) is 0 Å². The van der Waals surface area contributed by atoms with Gasteiger partial charge in [0, 0.05) is 5.56 Å². The second-order valence-corrected chi connectivity index (χ2v) is 10.0. The summed E-state index contributed by atoms with van der Waals surface area (Å²) in [7, 11) is -4.01. The lowest BCUT2D eigenvalue weighted by molar-refractivity contribution is -0.118. The molecule has 1 amide bonds. The normalized spacial score (nSPS) is 18.4. The van der Waals surface area contributed by atoms with E-state index in [-0.39, 0.29) is 21.8 Å². The molecule has 1 unspecified atom stereocenters. The van der Waals surface area contributed by atoms with E-state index in [9.17, 15) is 13.2 Å². The van der Waals surface area contributed by atoms with Crippen molar-refractivity contribution in [3.05, 3.63) is 59.2 Å². The summed E-state index contributed by atoms with van der Waals surface area (Å²) in [6.07, 6.45) is 1.41. The zero-order chi connectivity index (χ0) is 21.9. The van der Waals surface area contributed by atoms with E-state index < -0.39 is 10.1 Å². The minimum absolute atomic E-state index is 0.0809. The highest BCUT2D eigenvalue weighted by molar-refractivity contribution is 8.15. The number of carbonyl (C=O) groups is 1. The van der Waals surface area contributed by atoms with E-state index in [1.807, 2.05) is 13.8 Å². The molecule has 0 radical (unpaired) electrons. The number of nitrogens with one attached hydrogen (secondary N) is 1. The Balaban J connectivity index is 1.85. The predicted molar refractivity (Wildman–Crippen MR) is 120 cm³/mol. The molecule has 2 aromatic rings. The fourth-order valence-corrected chi connectivity index (χ4v) is 4.48. The average molecular weight is 446 g/mol. The van der Waals surface area contributed by atoms with Gasteiger partial charge in [0.1, 0.15) is 4.90 Å². The molecule has 9 heteroatoms. The number of carbonyl (C=O) groups excluding carboxylic acids is 1. The molecule has 1 aliphatic heterocycles. The summed E-state index contributed by atoms with van der Waals surface area (Å²) in [5.41, 5.74) is 2.15. The zero-order valence-electron chi connectivity index (χ0n) is 17.1. The van der Waals surface area contributed by atoms with Gasteiger partial charge in [-0.3, -0.25) is 4.79 Å². The molecule has 3 rings (SSSR count). The molecule has 0 aromatic heterocycles. The van der Waals surface area contributed by atoms with Crippen LogP contribution >= 0.6 is 11.8 Å². The number of amidine groups is 1. The Hall–Kier alpha value is -2.65. The van der Waals surface area contributed by atoms with Gasteiger partial charge in [-0.05, 0) is 49.1 Å². The molecule has 1 heterocycles. The van der Waals surface area contributed by atoms with Crippen LogP contribution in [0, 0.1) is 6.92 Å². The van der Waals surface area contributed by atoms with Crippen molar-refractivity contribution < 1.29 is 17.4 Å². The average Bonchev–Trinajstić information content (AvgIpc) is 3.02. The SMILES string of the molecule is Cc1cccc(C=NN=C2NC(=O)C(C)S2)c1OS(=O)(=O)c1ccc(C(C)C)cc1. The Morgan fingerprint density at radius 2 is 1.87 bits per heavy atom. The number of nitrogens with zero attached hydrogens (tertiary/aromatic N) is 2. The van der Waals surface area contributed by atoms with E-state index in [1.165, 1.54) is 18.0 Å². The number of rotatable bonds is 6. The second kappa shape index (κ2) is 9.01. The third-order valence-electron chi connectivity index (χ3n) is 4.50. The first kappa shape index (κ1) is 22.0. The monoisotopic (exact) mass is 445 g/mol. The van der Waals surface area contributed by atoms with Gasteiger partial charge in [0.25, 0.3) is 0 Å². The predicted octanol–water partition coefficient (Wildman–Crippen LogP) is 3.83. The van der Waals surface area contributed by atoms with E-state index in [0.29, 0.717) is 22.2 Å². The maximum absolute atomic E-state index is 12.8. The number of amides is 1. The molecule has 7 nitrogen and oxygen atoms in total. The summed E-state index contributed by atoms with van der Waals surface area (Å²) in [4.78, 5) is 11.6. The van der Waals surface area contributed by atoms with Crippen LogP contribution in [0.1, 0.15) is 43.4 Å². The summed E-state index contributed by atoms with van der Waals surface area (Å²) in [6, 6.07) is 11.9. The molecule has 0 spiro atoms. The summed E-state index contributed by atoms with van der Waals surface area (Å²) in [5.74, 6) is 0.364. The number of aryl methyl sites for hydroxylation is 1. The van der Waals surface area contributed by atoms with Crippen molar-refractivity contribution in [3.8, 4) is 5.75 Å². The van der Waals surface area contributed by atoms with Crippen LogP contribution in [0.3, 0.4) is 0 Å². The van der Waals surface area contributed by atoms with Crippen molar-refractivity contribution >= 4 is 39.2 Å². The molecule has 0 saturated carbocycles. The lowest BCUT2D eigenvalue weighted by Crippen LogP contribution is -2.23. The largest absolute Gasteiger partial charge is 0.378 e. The highest BCUT2D eigenvalue weighted by Crippen LogP contribution is 2.27. The van der Waals surface area contributed by atoms with Crippen molar-refractivity contribution in [2.75, 3.05) is 0 Å². The highest BCUT2D eigenvalue weighted by Gasteiger charge is 2.25. The second-order valence-electron chi connectivity index (χ2n) is 7.15. The number of hydrogen-bond acceptors (Lipinski definition) is 7. The minimum Gasteiger partial charge on any atom is -0.378 e. The van der Waals surface area contributed by atoms with Gasteiger partial charge < -0.3 is 9.50 Å². The Morgan fingerprint density at radius 1 is 1.17 bits per heavy atom. The molecule has 2 aromatic carbocycles. The van der Waals surface area contributed by atoms with Gasteiger partial charge in [-0.1, -0.05) is 49.9 Å². The Bertz CT molecular complexity index is 1110. The van der Waals surface area contributed by atoms with Gasteiger partial charge >= 0.3 is 10.1 Å². The standard InChI is InChI=1S/C21H23N3O4S2/c1-13(2)16-8-10-18(11-9-16)30(26,27)28-19-14(3)6-5-7-17(19)12-22-24-21-23-20(25)15(4)29-21/h5-13,15H,1-4H3,(H,23,24,25). The third kappa shape index (κ3) is 5.09. The first-order valence-electron chi connectivity index (χ1n) is 9.40. The molecule has 0 bridgehead atoms. The highest BCUT2D eigenvalue weighted by atomic mass is 32.2. The molecule has 1 N–H and O–H groups in total. The lowest BCUT2D eigenvalue weighted by Gasteiger charge is -2.12. The van der Waals surface area contributed by atoms with Crippen LogP contribution in [0.5, 0.6) is 5.75 Å².